The molecule has 3 rings (SSSR count). The second-order valence-corrected chi connectivity index (χ2v) is 6.39. The maximum Gasteiger partial charge on any atom is 0.338 e. The van der Waals surface area contributed by atoms with Gasteiger partial charge in [0.1, 0.15) is 18.2 Å². The van der Waals surface area contributed by atoms with Crippen LogP contribution >= 0.6 is 0 Å². The van der Waals surface area contributed by atoms with Crippen LogP contribution in [0.25, 0.3) is 0 Å². The molecule has 0 saturated carbocycles. The summed E-state index contributed by atoms with van der Waals surface area (Å²) in [6, 6.07) is 16.7. The van der Waals surface area contributed by atoms with Crippen molar-refractivity contribution in [1.29, 1.82) is 0 Å². The van der Waals surface area contributed by atoms with E-state index in [2.05, 4.69) is 5.32 Å². The summed E-state index contributed by atoms with van der Waals surface area (Å²) >= 11 is 0. The van der Waals surface area contributed by atoms with Crippen molar-refractivity contribution in [3.05, 3.63) is 89.5 Å². The van der Waals surface area contributed by atoms with Gasteiger partial charge in [-0.05, 0) is 35.9 Å². The normalized spacial score (nSPS) is 10.3. The summed E-state index contributed by atoms with van der Waals surface area (Å²) in [5.41, 5.74) is 0.894. The van der Waals surface area contributed by atoms with Crippen LogP contribution in [0.1, 0.15) is 15.9 Å². The van der Waals surface area contributed by atoms with E-state index in [0.29, 0.717) is 24.2 Å². The smallest absolute Gasteiger partial charge is 0.338 e. The van der Waals surface area contributed by atoms with E-state index in [0.717, 1.165) is 17.7 Å². The average molecular weight is 427 g/mol. The molecule has 0 fully saturated rings. The Balaban J connectivity index is 1.57. The summed E-state index contributed by atoms with van der Waals surface area (Å²) in [5, 5.41) is 2.21. The van der Waals surface area contributed by atoms with Gasteiger partial charge < -0.3 is 19.5 Å². The molecule has 160 valence electrons. The molecule has 6 nitrogen and oxygen atoms in total. The molecule has 0 heterocycles. The lowest BCUT2D eigenvalue weighted by Gasteiger charge is -2.12. The highest BCUT2D eigenvalue weighted by Crippen LogP contribution is 2.29. The van der Waals surface area contributed by atoms with Crippen molar-refractivity contribution < 1.29 is 32.6 Å². The largest absolute Gasteiger partial charge is 0.493 e. The highest BCUT2D eigenvalue weighted by Gasteiger charge is 2.15. The zero-order chi connectivity index (χ0) is 22.2. The van der Waals surface area contributed by atoms with Gasteiger partial charge in [-0.15, -0.1) is 0 Å². The molecular weight excluding hydrogens is 408 g/mol. The fourth-order valence-corrected chi connectivity index (χ4v) is 2.64. The number of amides is 1. The summed E-state index contributed by atoms with van der Waals surface area (Å²) < 4.78 is 42.4. The number of esters is 1. The van der Waals surface area contributed by atoms with Crippen LogP contribution in [0.2, 0.25) is 0 Å². The highest BCUT2D eigenvalue weighted by molar-refractivity contribution is 5.95. The minimum absolute atomic E-state index is 0.143. The monoisotopic (exact) mass is 427 g/mol. The molecule has 3 aromatic rings. The molecule has 8 heteroatoms. The van der Waals surface area contributed by atoms with E-state index in [4.69, 9.17) is 14.2 Å². The molecular formula is C23H19F2NO5. The molecule has 1 amide bonds. The van der Waals surface area contributed by atoms with Crippen molar-refractivity contribution >= 4 is 17.6 Å². The summed E-state index contributed by atoms with van der Waals surface area (Å²) in [5.74, 6) is -2.49. The molecule has 0 bridgehead atoms. The van der Waals surface area contributed by atoms with E-state index < -0.39 is 30.1 Å². The summed E-state index contributed by atoms with van der Waals surface area (Å²) in [6.07, 6.45) is 0. The molecule has 31 heavy (non-hydrogen) atoms. The molecule has 0 aliphatic rings. The standard InChI is InChI=1S/C23H19F2NO5/c1-29-21-11-16(7-10-20(21)30-13-15-5-3-2-4-6-15)23(28)31-14-22(27)26-19-9-8-17(24)12-18(19)25/h2-12H,13-14H2,1H3,(H,26,27). The Morgan fingerprint density at radius 2 is 1.71 bits per heavy atom. The molecule has 3 aromatic carbocycles. The van der Waals surface area contributed by atoms with Gasteiger partial charge in [-0.3, -0.25) is 4.79 Å². The number of halogens is 2. The maximum atomic E-state index is 13.6. The number of methoxy groups -OCH3 is 1. The minimum atomic E-state index is -0.935. The first-order valence-electron chi connectivity index (χ1n) is 9.23. The van der Waals surface area contributed by atoms with Gasteiger partial charge in [0, 0.05) is 6.07 Å². The van der Waals surface area contributed by atoms with Crippen molar-refractivity contribution in [2.75, 3.05) is 19.0 Å². The number of ether oxygens (including phenoxy) is 3. The lowest BCUT2D eigenvalue weighted by Crippen LogP contribution is -2.21. The van der Waals surface area contributed by atoms with Gasteiger partial charge in [-0.1, -0.05) is 30.3 Å². The Hall–Kier alpha value is -3.94. The van der Waals surface area contributed by atoms with Crippen LogP contribution in [0.15, 0.2) is 66.7 Å². The molecule has 0 unspecified atom stereocenters. The zero-order valence-corrected chi connectivity index (χ0v) is 16.6. The number of hydrogen-bond acceptors (Lipinski definition) is 5. The molecule has 0 aliphatic heterocycles. The molecule has 0 atom stereocenters. The van der Waals surface area contributed by atoms with Crippen molar-refractivity contribution in [1.82, 2.24) is 0 Å². The number of nitrogens with one attached hydrogen (secondary N) is 1. The first kappa shape index (κ1) is 21.8. The van der Waals surface area contributed by atoms with Crippen molar-refractivity contribution in [2.24, 2.45) is 0 Å². The van der Waals surface area contributed by atoms with Crippen LogP contribution in [0.3, 0.4) is 0 Å². The molecule has 0 radical (unpaired) electrons. The van der Waals surface area contributed by atoms with Crippen LogP contribution in [-0.4, -0.2) is 25.6 Å². The first-order valence-corrected chi connectivity index (χ1v) is 9.23. The summed E-state index contributed by atoms with van der Waals surface area (Å²) in [6.45, 7) is -0.328. The number of rotatable bonds is 8. The third kappa shape index (κ3) is 6.02. The lowest BCUT2D eigenvalue weighted by atomic mass is 10.2. The maximum absolute atomic E-state index is 13.6. The average Bonchev–Trinajstić information content (AvgIpc) is 2.78. The Kier molecular flexibility index (Phi) is 7.16. The second kappa shape index (κ2) is 10.2. The number of carbonyl (C=O) groups excluding carboxylic acids is 2. The van der Waals surface area contributed by atoms with Crippen LogP contribution in [0.5, 0.6) is 11.5 Å². The Morgan fingerprint density at radius 3 is 2.42 bits per heavy atom. The quantitative estimate of drug-likeness (QED) is 0.541. The number of anilines is 1. The summed E-state index contributed by atoms with van der Waals surface area (Å²) in [4.78, 5) is 24.1. The second-order valence-electron chi connectivity index (χ2n) is 6.39. The Labute approximate surface area is 177 Å². The van der Waals surface area contributed by atoms with Crippen molar-refractivity contribution in [3.63, 3.8) is 0 Å². The van der Waals surface area contributed by atoms with Crippen LogP contribution in [-0.2, 0) is 16.1 Å². The fraction of sp³-hybridized carbons (Fsp3) is 0.130. The topological polar surface area (TPSA) is 73.9 Å². The van der Waals surface area contributed by atoms with Gasteiger partial charge in [0.25, 0.3) is 5.91 Å². The van der Waals surface area contributed by atoms with Gasteiger partial charge >= 0.3 is 5.97 Å². The van der Waals surface area contributed by atoms with E-state index in [9.17, 15) is 18.4 Å². The van der Waals surface area contributed by atoms with Gasteiger partial charge in [0.05, 0.1) is 18.4 Å². The van der Waals surface area contributed by atoms with E-state index in [-0.39, 0.29) is 11.3 Å². The van der Waals surface area contributed by atoms with Gasteiger partial charge in [0.2, 0.25) is 0 Å². The fourth-order valence-electron chi connectivity index (χ4n) is 2.64. The minimum Gasteiger partial charge on any atom is -0.493 e. The summed E-state index contributed by atoms with van der Waals surface area (Å²) in [7, 11) is 1.44. The van der Waals surface area contributed by atoms with E-state index in [1.807, 2.05) is 30.3 Å². The predicted molar refractivity (Wildman–Crippen MR) is 109 cm³/mol. The molecule has 1 N–H and O–H groups in total. The first-order chi connectivity index (χ1) is 15.0. The van der Waals surface area contributed by atoms with Crippen LogP contribution in [0, 0.1) is 11.6 Å². The zero-order valence-electron chi connectivity index (χ0n) is 16.6. The number of benzene rings is 3. The Morgan fingerprint density at radius 1 is 0.935 bits per heavy atom. The number of hydrogen-bond donors (Lipinski definition) is 1. The SMILES string of the molecule is COc1cc(C(=O)OCC(=O)Nc2ccc(F)cc2F)ccc1OCc1ccccc1. The highest BCUT2D eigenvalue weighted by atomic mass is 19.1. The number of carbonyl (C=O) groups is 2. The molecule has 0 spiro atoms. The van der Waals surface area contributed by atoms with Gasteiger partial charge in [0.15, 0.2) is 18.1 Å². The van der Waals surface area contributed by atoms with Gasteiger partial charge in [-0.25, -0.2) is 13.6 Å². The third-order valence-electron chi connectivity index (χ3n) is 4.18. The van der Waals surface area contributed by atoms with E-state index in [1.165, 1.54) is 19.2 Å². The molecule has 0 aromatic heterocycles. The van der Waals surface area contributed by atoms with Crippen molar-refractivity contribution in [3.8, 4) is 11.5 Å². The molecule has 0 aliphatic carbocycles. The molecule has 0 saturated heterocycles. The van der Waals surface area contributed by atoms with Crippen molar-refractivity contribution in [2.45, 2.75) is 6.61 Å². The lowest BCUT2D eigenvalue weighted by molar-refractivity contribution is -0.119. The van der Waals surface area contributed by atoms with Crippen LogP contribution in [0.4, 0.5) is 14.5 Å². The third-order valence-corrected chi connectivity index (χ3v) is 4.18. The van der Waals surface area contributed by atoms with Crippen LogP contribution < -0.4 is 14.8 Å². The Bertz CT molecular complexity index is 1070. The van der Waals surface area contributed by atoms with E-state index >= 15 is 0 Å². The van der Waals surface area contributed by atoms with E-state index in [1.54, 1.807) is 6.07 Å². The predicted octanol–water partition coefficient (Wildman–Crippen LogP) is 4.35. The van der Waals surface area contributed by atoms with Gasteiger partial charge in [-0.2, -0.15) is 0 Å².